The summed E-state index contributed by atoms with van der Waals surface area (Å²) in [4.78, 5) is 0. The molecule has 0 amide bonds. The second-order valence-corrected chi connectivity index (χ2v) is 5.53. The predicted molar refractivity (Wildman–Crippen MR) is 72.5 cm³/mol. The molecule has 1 aromatic carbocycles. The van der Waals surface area contributed by atoms with Gasteiger partial charge in [0.1, 0.15) is 0 Å². The number of anilines is 1. The molecule has 1 fully saturated rings. The van der Waals surface area contributed by atoms with Crippen molar-refractivity contribution in [1.82, 2.24) is 0 Å². The van der Waals surface area contributed by atoms with Crippen LogP contribution in [0.25, 0.3) is 0 Å². The minimum absolute atomic E-state index is 0.178. The molecule has 94 valence electrons. The molecule has 0 bridgehead atoms. The predicted octanol–water partition coefficient (Wildman–Crippen LogP) is 3.69. The molecule has 2 rings (SSSR count). The molecule has 0 saturated heterocycles. The Kier molecular flexibility index (Phi) is 3.95. The van der Waals surface area contributed by atoms with E-state index in [1.165, 1.54) is 19.3 Å². The highest BCUT2D eigenvalue weighted by Gasteiger charge is 2.37. The quantitative estimate of drug-likeness (QED) is 0.861. The van der Waals surface area contributed by atoms with Crippen molar-refractivity contribution in [3.05, 3.63) is 29.3 Å². The summed E-state index contributed by atoms with van der Waals surface area (Å²) >= 11 is 5.99. The maximum atomic E-state index is 9.75. The number of aliphatic hydroxyl groups is 1. The second kappa shape index (κ2) is 5.28. The highest BCUT2D eigenvalue weighted by atomic mass is 35.5. The number of rotatable bonds is 3. The fourth-order valence-corrected chi connectivity index (χ4v) is 2.92. The van der Waals surface area contributed by atoms with E-state index in [0.29, 0.717) is 5.92 Å². The number of nitrogens with one attached hydrogen (secondary N) is 1. The van der Waals surface area contributed by atoms with E-state index < -0.39 is 0 Å². The van der Waals surface area contributed by atoms with Gasteiger partial charge in [-0.1, -0.05) is 37.4 Å². The van der Waals surface area contributed by atoms with Gasteiger partial charge in [0, 0.05) is 10.7 Å². The number of hydrogen-bond acceptors (Lipinski definition) is 2. The Balaban J connectivity index is 2.18. The molecule has 0 spiro atoms. The lowest BCUT2D eigenvalue weighted by atomic mass is 9.74. The van der Waals surface area contributed by atoms with Gasteiger partial charge in [0.15, 0.2) is 0 Å². The van der Waals surface area contributed by atoms with Crippen molar-refractivity contribution in [1.29, 1.82) is 0 Å². The molecule has 0 radical (unpaired) electrons. The zero-order valence-electron chi connectivity index (χ0n) is 10.2. The zero-order chi connectivity index (χ0) is 12.3. The van der Waals surface area contributed by atoms with Crippen molar-refractivity contribution >= 4 is 17.3 Å². The van der Waals surface area contributed by atoms with E-state index in [2.05, 4.69) is 12.2 Å². The smallest absolute Gasteiger partial charge is 0.0664 e. The maximum Gasteiger partial charge on any atom is 0.0664 e. The number of halogens is 1. The molecule has 0 aliphatic heterocycles. The van der Waals surface area contributed by atoms with Crippen LogP contribution in [0.1, 0.15) is 32.6 Å². The highest BCUT2D eigenvalue weighted by molar-refractivity contribution is 6.30. The van der Waals surface area contributed by atoms with E-state index in [4.69, 9.17) is 11.6 Å². The molecule has 2 atom stereocenters. The molecule has 2 N–H and O–H groups in total. The fourth-order valence-electron chi connectivity index (χ4n) is 2.73. The SMILES string of the molecule is CC1CCCCC1(CO)Nc1cccc(Cl)c1. The zero-order valence-corrected chi connectivity index (χ0v) is 11.0. The summed E-state index contributed by atoms with van der Waals surface area (Å²) in [7, 11) is 0. The van der Waals surface area contributed by atoms with Gasteiger partial charge in [-0.3, -0.25) is 0 Å². The van der Waals surface area contributed by atoms with Crippen LogP contribution in [0, 0.1) is 5.92 Å². The average Bonchev–Trinajstić information content (AvgIpc) is 2.32. The molecule has 1 aliphatic carbocycles. The first-order valence-electron chi connectivity index (χ1n) is 6.31. The van der Waals surface area contributed by atoms with Crippen LogP contribution < -0.4 is 5.32 Å². The lowest BCUT2D eigenvalue weighted by Gasteiger charge is -2.43. The summed E-state index contributed by atoms with van der Waals surface area (Å²) in [6.45, 7) is 2.40. The molecule has 1 aliphatic rings. The molecule has 1 saturated carbocycles. The van der Waals surface area contributed by atoms with Gasteiger partial charge < -0.3 is 10.4 Å². The van der Waals surface area contributed by atoms with Gasteiger partial charge in [-0.05, 0) is 37.0 Å². The van der Waals surface area contributed by atoms with Gasteiger partial charge in [-0.15, -0.1) is 0 Å². The van der Waals surface area contributed by atoms with Crippen LogP contribution in [0.3, 0.4) is 0 Å². The Labute approximate surface area is 108 Å². The van der Waals surface area contributed by atoms with Gasteiger partial charge in [0.05, 0.1) is 12.1 Å². The topological polar surface area (TPSA) is 32.3 Å². The van der Waals surface area contributed by atoms with Crippen molar-refractivity contribution in [3.63, 3.8) is 0 Å². The number of benzene rings is 1. The van der Waals surface area contributed by atoms with E-state index >= 15 is 0 Å². The first-order valence-corrected chi connectivity index (χ1v) is 6.69. The molecular weight excluding hydrogens is 234 g/mol. The maximum absolute atomic E-state index is 9.75. The van der Waals surface area contributed by atoms with Crippen LogP contribution >= 0.6 is 11.6 Å². The van der Waals surface area contributed by atoms with E-state index in [1.807, 2.05) is 24.3 Å². The van der Waals surface area contributed by atoms with E-state index in [1.54, 1.807) is 0 Å². The Morgan fingerprint density at radius 3 is 2.94 bits per heavy atom. The number of hydrogen-bond donors (Lipinski definition) is 2. The van der Waals surface area contributed by atoms with Crippen LogP contribution in [-0.2, 0) is 0 Å². The second-order valence-electron chi connectivity index (χ2n) is 5.10. The van der Waals surface area contributed by atoms with Crippen molar-refractivity contribution in [3.8, 4) is 0 Å². The van der Waals surface area contributed by atoms with Crippen molar-refractivity contribution in [2.75, 3.05) is 11.9 Å². The minimum atomic E-state index is -0.178. The Morgan fingerprint density at radius 1 is 1.47 bits per heavy atom. The van der Waals surface area contributed by atoms with Crippen LogP contribution in [-0.4, -0.2) is 17.3 Å². The monoisotopic (exact) mass is 253 g/mol. The Bertz CT molecular complexity index is 382. The lowest BCUT2D eigenvalue weighted by molar-refractivity contribution is 0.126. The molecular formula is C14H20ClNO. The molecule has 1 aromatic rings. The molecule has 17 heavy (non-hydrogen) atoms. The summed E-state index contributed by atoms with van der Waals surface area (Å²) in [5.41, 5.74) is 0.823. The summed E-state index contributed by atoms with van der Waals surface area (Å²) in [5, 5.41) is 14.0. The summed E-state index contributed by atoms with van der Waals surface area (Å²) < 4.78 is 0. The van der Waals surface area contributed by atoms with Crippen molar-refractivity contribution in [2.24, 2.45) is 5.92 Å². The Morgan fingerprint density at radius 2 is 2.29 bits per heavy atom. The van der Waals surface area contributed by atoms with Gasteiger partial charge in [-0.25, -0.2) is 0 Å². The van der Waals surface area contributed by atoms with Gasteiger partial charge >= 0.3 is 0 Å². The van der Waals surface area contributed by atoms with E-state index in [9.17, 15) is 5.11 Å². The first kappa shape index (κ1) is 12.7. The van der Waals surface area contributed by atoms with Crippen LogP contribution in [0.5, 0.6) is 0 Å². The highest BCUT2D eigenvalue weighted by Crippen LogP contribution is 2.36. The summed E-state index contributed by atoms with van der Waals surface area (Å²) in [6, 6.07) is 7.72. The normalized spacial score (nSPS) is 29.0. The average molecular weight is 254 g/mol. The summed E-state index contributed by atoms with van der Waals surface area (Å²) in [6.07, 6.45) is 4.64. The van der Waals surface area contributed by atoms with Crippen molar-refractivity contribution in [2.45, 2.75) is 38.1 Å². The summed E-state index contributed by atoms with van der Waals surface area (Å²) in [5.74, 6) is 0.486. The molecule has 2 unspecified atom stereocenters. The standard InChI is InChI=1S/C14H20ClNO/c1-11-5-2-3-8-14(11,10-17)16-13-7-4-6-12(15)9-13/h4,6-7,9,11,16-17H,2-3,5,8,10H2,1H3. The largest absolute Gasteiger partial charge is 0.394 e. The third-order valence-corrected chi connectivity index (χ3v) is 4.19. The molecule has 0 aromatic heterocycles. The van der Waals surface area contributed by atoms with Crippen LogP contribution in [0.4, 0.5) is 5.69 Å². The minimum Gasteiger partial charge on any atom is -0.394 e. The third kappa shape index (κ3) is 2.75. The molecule has 0 heterocycles. The van der Waals surface area contributed by atoms with Gasteiger partial charge in [0.2, 0.25) is 0 Å². The molecule has 3 heteroatoms. The Hall–Kier alpha value is -0.730. The first-order chi connectivity index (χ1) is 8.16. The van der Waals surface area contributed by atoms with Gasteiger partial charge in [-0.2, -0.15) is 0 Å². The van der Waals surface area contributed by atoms with E-state index in [0.717, 1.165) is 17.1 Å². The van der Waals surface area contributed by atoms with Crippen LogP contribution in [0.15, 0.2) is 24.3 Å². The fraction of sp³-hybridized carbons (Fsp3) is 0.571. The molecule has 2 nitrogen and oxygen atoms in total. The van der Waals surface area contributed by atoms with Crippen LogP contribution in [0.2, 0.25) is 5.02 Å². The third-order valence-electron chi connectivity index (χ3n) is 3.95. The van der Waals surface area contributed by atoms with Crippen molar-refractivity contribution < 1.29 is 5.11 Å². The lowest BCUT2D eigenvalue weighted by Crippen LogP contribution is -2.49. The number of aliphatic hydroxyl groups excluding tert-OH is 1. The van der Waals surface area contributed by atoms with Gasteiger partial charge in [0.25, 0.3) is 0 Å². The van der Waals surface area contributed by atoms with E-state index in [-0.39, 0.29) is 12.1 Å².